The average molecular weight is 306 g/mol. The number of rotatable bonds is 4. The molecule has 22 heavy (non-hydrogen) atoms. The third kappa shape index (κ3) is 4.25. The van der Waals surface area contributed by atoms with E-state index >= 15 is 0 Å². The van der Waals surface area contributed by atoms with Gasteiger partial charge in [0.1, 0.15) is 5.75 Å². The van der Waals surface area contributed by atoms with Gasteiger partial charge in [-0.1, -0.05) is 60.6 Å². The lowest BCUT2D eigenvalue weighted by Crippen LogP contribution is -2.20. The molecule has 124 valence electrons. The van der Waals surface area contributed by atoms with E-state index in [0.717, 1.165) is 16.7 Å². The van der Waals surface area contributed by atoms with Gasteiger partial charge >= 0.3 is 5.97 Å². The number of aromatic hydroxyl groups is 1. The van der Waals surface area contributed by atoms with Crippen LogP contribution in [0, 0.1) is 5.92 Å². The summed E-state index contributed by atoms with van der Waals surface area (Å²) in [5.74, 6) is -1.02. The van der Waals surface area contributed by atoms with Crippen LogP contribution in [0.2, 0.25) is 0 Å². The first-order valence-corrected chi connectivity index (χ1v) is 7.97. The largest absolute Gasteiger partial charge is 0.507 e. The third-order valence-corrected chi connectivity index (χ3v) is 4.17. The Morgan fingerprint density at radius 1 is 1.09 bits per heavy atom. The van der Waals surface area contributed by atoms with Crippen molar-refractivity contribution in [3.05, 3.63) is 28.8 Å². The van der Waals surface area contributed by atoms with Crippen LogP contribution in [-0.4, -0.2) is 16.2 Å². The molecule has 0 aliphatic heterocycles. The van der Waals surface area contributed by atoms with Gasteiger partial charge in [-0.3, -0.25) is 4.79 Å². The molecule has 0 spiro atoms. The monoisotopic (exact) mass is 306 g/mol. The van der Waals surface area contributed by atoms with Gasteiger partial charge in [0.15, 0.2) is 0 Å². The van der Waals surface area contributed by atoms with E-state index in [9.17, 15) is 15.0 Å². The van der Waals surface area contributed by atoms with Crippen molar-refractivity contribution in [3.8, 4) is 5.75 Å². The summed E-state index contributed by atoms with van der Waals surface area (Å²) in [6, 6.07) is 4.02. The molecule has 3 heteroatoms. The number of carboxylic acid groups (broad SMARTS) is 1. The number of phenolic OH excluding ortho intramolecular Hbond substituents is 1. The Morgan fingerprint density at radius 3 is 2.00 bits per heavy atom. The van der Waals surface area contributed by atoms with Crippen LogP contribution in [0.4, 0.5) is 0 Å². The van der Waals surface area contributed by atoms with Crippen molar-refractivity contribution in [2.24, 2.45) is 5.92 Å². The van der Waals surface area contributed by atoms with Gasteiger partial charge in [-0.25, -0.2) is 0 Å². The molecule has 0 saturated heterocycles. The SMILES string of the molecule is CCC(Cc1cc(C(C)(C)C)cc(C(C)(C)C)c1O)C(=O)O. The Bertz CT molecular complexity index is 545. The summed E-state index contributed by atoms with van der Waals surface area (Å²) in [6.45, 7) is 14.4. The summed E-state index contributed by atoms with van der Waals surface area (Å²) in [7, 11) is 0. The van der Waals surface area contributed by atoms with E-state index in [4.69, 9.17) is 0 Å². The lowest BCUT2D eigenvalue weighted by molar-refractivity contribution is -0.141. The maximum atomic E-state index is 11.3. The Labute approximate surface area is 134 Å². The molecule has 0 bridgehead atoms. The van der Waals surface area contributed by atoms with E-state index in [1.165, 1.54) is 0 Å². The van der Waals surface area contributed by atoms with Crippen molar-refractivity contribution in [3.63, 3.8) is 0 Å². The summed E-state index contributed by atoms with van der Waals surface area (Å²) in [6.07, 6.45) is 0.921. The molecule has 0 aliphatic carbocycles. The highest BCUT2D eigenvalue weighted by Crippen LogP contribution is 2.38. The quantitative estimate of drug-likeness (QED) is 0.852. The minimum Gasteiger partial charge on any atom is -0.507 e. The molecule has 2 N–H and O–H groups in total. The fourth-order valence-electron chi connectivity index (χ4n) is 2.53. The fraction of sp³-hybridized carbons (Fsp3) is 0.632. The lowest BCUT2D eigenvalue weighted by atomic mass is 9.78. The smallest absolute Gasteiger partial charge is 0.306 e. The number of hydrogen-bond donors (Lipinski definition) is 2. The van der Waals surface area contributed by atoms with E-state index in [-0.39, 0.29) is 16.6 Å². The standard InChI is InChI=1S/C19H30O3/c1-8-12(17(21)22)9-13-10-14(18(2,3)4)11-15(16(13)20)19(5,6)7/h10-12,20H,8-9H2,1-7H3,(H,21,22). The van der Waals surface area contributed by atoms with Crippen LogP contribution >= 0.6 is 0 Å². The predicted octanol–water partition coefficient (Wildman–Crippen LogP) is 4.64. The minimum atomic E-state index is -0.805. The van der Waals surface area contributed by atoms with Crippen LogP contribution in [0.3, 0.4) is 0 Å². The molecule has 3 nitrogen and oxygen atoms in total. The molecule has 1 rings (SSSR count). The summed E-state index contributed by atoms with van der Waals surface area (Å²) in [5.41, 5.74) is 2.52. The van der Waals surface area contributed by atoms with Crippen molar-refractivity contribution < 1.29 is 15.0 Å². The van der Waals surface area contributed by atoms with E-state index < -0.39 is 11.9 Å². The van der Waals surface area contributed by atoms with Crippen molar-refractivity contribution in [1.82, 2.24) is 0 Å². The average Bonchev–Trinajstić information content (AvgIpc) is 2.34. The first-order chi connectivity index (χ1) is 9.87. The summed E-state index contributed by atoms with van der Waals surface area (Å²) in [5, 5.41) is 20.0. The highest BCUT2D eigenvalue weighted by molar-refractivity contribution is 5.70. The summed E-state index contributed by atoms with van der Waals surface area (Å²) < 4.78 is 0. The lowest BCUT2D eigenvalue weighted by Gasteiger charge is -2.28. The van der Waals surface area contributed by atoms with Crippen LogP contribution < -0.4 is 0 Å². The molecular weight excluding hydrogens is 276 g/mol. The van der Waals surface area contributed by atoms with Crippen molar-refractivity contribution in [2.75, 3.05) is 0 Å². The van der Waals surface area contributed by atoms with Gasteiger partial charge in [0, 0.05) is 0 Å². The van der Waals surface area contributed by atoms with Gasteiger partial charge in [0.25, 0.3) is 0 Å². The zero-order valence-corrected chi connectivity index (χ0v) is 14.9. The minimum absolute atomic E-state index is 0.0482. The van der Waals surface area contributed by atoms with Gasteiger partial charge in [-0.15, -0.1) is 0 Å². The summed E-state index contributed by atoms with van der Waals surface area (Å²) in [4.78, 5) is 11.3. The van der Waals surface area contributed by atoms with E-state index in [1.807, 2.05) is 13.0 Å². The van der Waals surface area contributed by atoms with Crippen molar-refractivity contribution in [2.45, 2.75) is 72.1 Å². The van der Waals surface area contributed by atoms with E-state index in [2.05, 4.69) is 47.6 Å². The molecule has 0 aliphatic rings. The molecule has 1 aromatic rings. The highest BCUT2D eigenvalue weighted by atomic mass is 16.4. The normalized spacial score (nSPS) is 14.0. The zero-order chi connectivity index (χ0) is 17.3. The number of hydrogen-bond acceptors (Lipinski definition) is 2. The van der Waals surface area contributed by atoms with Crippen LogP contribution in [0.5, 0.6) is 5.75 Å². The molecule has 0 radical (unpaired) electrons. The van der Waals surface area contributed by atoms with Gasteiger partial charge in [-0.05, 0) is 40.4 Å². The second-order valence-electron chi connectivity index (χ2n) is 8.18. The first kappa shape index (κ1) is 18.5. The van der Waals surface area contributed by atoms with E-state index in [1.54, 1.807) is 0 Å². The van der Waals surface area contributed by atoms with Crippen LogP contribution in [0.1, 0.15) is 71.6 Å². The Hall–Kier alpha value is -1.51. The van der Waals surface area contributed by atoms with E-state index in [0.29, 0.717) is 12.8 Å². The van der Waals surface area contributed by atoms with Gasteiger partial charge in [-0.2, -0.15) is 0 Å². The number of carboxylic acids is 1. The number of carbonyl (C=O) groups is 1. The van der Waals surface area contributed by atoms with Crippen LogP contribution in [0.25, 0.3) is 0 Å². The van der Waals surface area contributed by atoms with Gasteiger partial charge in [0.2, 0.25) is 0 Å². The van der Waals surface area contributed by atoms with Crippen molar-refractivity contribution >= 4 is 5.97 Å². The number of phenols is 1. The molecule has 1 atom stereocenters. The van der Waals surface area contributed by atoms with Crippen LogP contribution in [0.15, 0.2) is 12.1 Å². The molecular formula is C19H30O3. The maximum absolute atomic E-state index is 11.3. The highest BCUT2D eigenvalue weighted by Gasteiger charge is 2.26. The molecule has 0 heterocycles. The Morgan fingerprint density at radius 2 is 1.64 bits per heavy atom. The first-order valence-electron chi connectivity index (χ1n) is 7.97. The molecule has 0 aromatic heterocycles. The predicted molar refractivity (Wildman–Crippen MR) is 90.6 cm³/mol. The fourth-order valence-corrected chi connectivity index (χ4v) is 2.53. The molecule has 1 aromatic carbocycles. The maximum Gasteiger partial charge on any atom is 0.306 e. The molecule has 0 amide bonds. The zero-order valence-electron chi connectivity index (χ0n) is 14.9. The topological polar surface area (TPSA) is 57.5 Å². The Balaban J connectivity index is 3.46. The second kappa shape index (κ2) is 6.31. The second-order valence-corrected chi connectivity index (χ2v) is 8.18. The molecule has 1 unspecified atom stereocenters. The molecule has 0 fully saturated rings. The third-order valence-electron chi connectivity index (χ3n) is 4.17. The Kier molecular flexibility index (Phi) is 5.32. The van der Waals surface area contributed by atoms with Gasteiger partial charge in [0.05, 0.1) is 5.92 Å². The van der Waals surface area contributed by atoms with Gasteiger partial charge < -0.3 is 10.2 Å². The summed E-state index contributed by atoms with van der Waals surface area (Å²) >= 11 is 0. The number of benzene rings is 1. The number of aliphatic carboxylic acids is 1. The van der Waals surface area contributed by atoms with Crippen molar-refractivity contribution in [1.29, 1.82) is 0 Å². The molecule has 0 saturated carbocycles. The van der Waals surface area contributed by atoms with Crippen LogP contribution in [-0.2, 0) is 22.0 Å².